The SMILES string of the molecule is O=C(O)CN(C(=O)C(F)(F)F)C(C(=O)O)c1cscc1Br. The van der Waals surface area contributed by atoms with Crippen LogP contribution in [-0.2, 0) is 14.4 Å². The summed E-state index contributed by atoms with van der Waals surface area (Å²) in [6, 6.07) is -2.06. The van der Waals surface area contributed by atoms with Gasteiger partial charge in [-0.05, 0) is 21.3 Å². The van der Waals surface area contributed by atoms with Crippen molar-refractivity contribution in [3.05, 3.63) is 20.8 Å². The Kier molecular flexibility index (Phi) is 5.34. The van der Waals surface area contributed by atoms with Crippen LogP contribution in [0.15, 0.2) is 15.2 Å². The zero-order chi connectivity index (χ0) is 16.4. The minimum Gasteiger partial charge on any atom is -0.480 e. The molecule has 0 spiro atoms. The normalized spacial score (nSPS) is 12.8. The van der Waals surface area contributed by atoms with Gasteiger partial charge in [0.1, 0.15) is 6.54 Å². The first kappa shape index (κ1) is 17.4. The van der Waals surface area contributed by atoms with Gasteiger partial charge in [-0.2, -0.15) is 24.5 Å². The van der Waals surface area contributed by atoms with Crippen LogP contribution < -0.4 is 0 Å². The van der Waals surface area contributed by atoms with E-state index < -0.39 is 36.6 Å². The number of nitrogens with zero attached hydrogens (tertiary/aromatic N) is 1. The third kappa shape index (κ3) is 4.17. The van der Waals surface area contributed by atoms with Crippen LogP contribution in [0.2, 0.25) is 0 Å². The summed E-state index contributed by atoms with van der Waals surface area (Å²) >= 11 is 3.94. The van der Waals surface area contributed by atoms with E-state index in [1.165, 1.54) is 10.8 Å². The number of hydrogen-bond donors (Lipinski definition) is 2. The highest BCUT2D eigenvalue weighted by Gasteiger charge is 2.47. The third-order valence-electron chi connectivity index (χ3n) is 2.29. The summed E-state index contributed by atoms with van der Waals surface area (Å²) in [5.41, 5.74) is -0.133. The number of rotatable bonds is 5. The third-order valence-corrected chi connectivity index (χ3v) is 4.04. The van der Waals surface area contributed by atoms with Gasteiger partial charge in [-0.3, -0.25) is 9.59 Å². The molecule has 0 radical (unpaired) electrons. The molecular weight excluding hydrogens is 383 g/mol. The Bertz CT molecular complexity index is 573. The molecule has 1 unspecified atom stereocenters. The average molecular weight is 390 g/mol. The van der Waals surface area contributed by atoms with E-state index in [1.54, 1.807) is 0 Å². The Morgan fingerprint density at radius 3 is 2.19 bits per heavy atom. The van der Waals surface area contributed by atoms with E-state index in [9.17, 15) is 27.6 Å². The lowest BCUT2D eigenvalue weighted by atomic mass is 10.1. The molecule has 0 saturated carbocycles. The predicted molar refractivity (Wildman–Crippen MR) is 67.8 cm³/mol. The van der Waals surface area contributed by atoms with E-state index >= 15 is 0 Å². The Morgan fingerprint density at radius 1 is 1.29 bits per heavy atom. The number of alkyl halides is 3. The highest BCUT2D eigenvalue weighted by atomic mass is 79.9. The second kappa shape index (κ2) is 6.43. The molecule has 11 heteroatoms. The molecule has 1 heterocycles. The summed E-state index contributed by atoms with van der Waals surface area (Å²) in [5, 5.41) is 20.4. The molecule has 6 nitrogen and oxygen atoms in total. The summed E-state index contributed by atoms with van der Waals surface area (Å²) in [6.45, 7) is -1.39. The number of aliphatic carboxylic acids is 2. The Hall–Kier alpha value is -1.62. The number of halogens is 4. The molecule has 1 atom stereocenters. The number of carboxylic acid groups (broad SMARTS) is 2. The molecule has 21 heavy (non-hydrogen) atoms. The van der Waals surface area contributed by atoms with Crippen molar-refractivity contribution >= 4 is 45.1 Å². The monoisotopic (exact) mass is 389 g/mol. The first-order chi connectivity index (χ1) is 9.55. The standard InChI is InChI=1S/C10H7BrF3NO5S/c11-5-3-21-2-4(5)7(8(18)19)15(1-6(16)17)9(20)10(12,13)14/h2-3,7H,1H2,(H,16,17)(H,18,19). The first-order valence-electron chi connectivity index (χ1n) is 5.09. The van der Waals surface area contributed by atoms with Crippen LogP contribution >= 0.6 is 27.3 Å². The molecular formula is C10H7BrF3NO5S. The van der Waals surface area contributed by atoms with E-state index in [0.717, 1.165) is 11.3 Å². The fourth-order valence-corrected chi connectivity index (χ4v) is 3.04. The van der Waals surface area contributed by atoms with Gasteiger partial charge in [0, 0.05) is 15.4 Å². The summed E-state index contributed by atoms with van der Waals surface area (Å²) in [5.74, 6) is -6.06. The van der Waals surface area contributed by atoms with Crippen molar-refractivity contribution in [3.63, 3.8) is 0 Å². The molecule has 116 valence electrons. The molecule has 0 aromatic carbocycles. The maximum absolute atomic E-state index is 12.5. The van der Waals surface area contributed by atoms with Crippen LogP contribution in [0.1, 0.15) is 11.6 Å². The molecule has 2 N–H and O–H groups in total. The molecule has 0 aliphatic rings. The zero-order valence-electron chi connectivity index (χ0n) is 9.93. The number of hydrogen-bond acceptors (Lipinski definition) is 4. The number of carbonyl (C=O) groups is 3. The van der Waals surface area contributed by atoms with Crippen molar-refractivity contribution in [2.24, 2.45) is 0 Å². The topological polar surface area (TPSA) is 94.9 Å². The van der Waals surface area contributed by atoms with E-state index in [1.807, 2.05) is 0 Å². The number of thiophene rings is 1. The highest BCUT2D eigenvalue weighted by molar-refractivity contribution is 9.10. The smallest absolute Gasteiger partial charge is 0.471 e. The minimum absolute atomic E-state index is 0.133. The second-order valence-electron chi connectivity index (χ2n) is 3.74. The molecule has 1 rings (SSSR count). The van der Waals surface area contributed by atoms with Gasteiger partial charge in [0.25, 0.3) is 0 Å². The molecule has 0 fully saturated rings. The lowest BCUT2D eigenvalue weighted by molar-refractivity contribution is -0.191. The van der Waals surface area contributed by atoms with Crippen LogP contribution in [0, 0.1) is 0 Å². The highest BCUT2D eigenvalue weighted by Crippen LogP contribution is 2.33. The van der Waals surface area contributed by atoms with E-state index in [0.29, 0.717) is 0 Å². The molecule has 1 aromatic rings. The lowest BCUT2D eigenvalue weighted by Crippen LogP contribution is -2.48. The van der Waals surface area contributed by atoms with Gasteiger partial charge in [-0.25, -0.2) is 4.79 Å². The summed E-state index contributed by atoms with van der Waals surface area (Å²) in [7, 11) is 0. The van der Waals surface area contributed by atoms with Crippen molar-refractivity contribution < 1.29 is 37.8 Å². The van der Waals surface area contributed by atoms with Crippen LogP contribution in [0.5, 0.6) is 0 Å². The van der Waals surface area contributed by atoms with Gasteiger partial charge in [-0.15, -0.1) is 0 Å². The lowest BCUT2D eigenvalue weighted by Gasteiger charge is -2.28. The Labute approximate surface area is 127 Å². The van der Waals surface area contributed by atoms with Crippen LogP contribution in [-0.4, -0.2) is 45.7 Å². The Balaban J connectivity index is 3.32. The first-order valence-corrected chi connectivity index (χ1v) is 6.83. The second-order valence-corrected chi connectivity index (χ2v) is 5.34. The van der Waals surface area contributed by atoms with Gasteiger partial charge in [0.05, 0.1) is 0 Å². The molecule has 0 aliphatic heterocycles. The van der Waals surface area contributed by atoms with Crippen molar-refractivity contribution in [2.75, 3.05) is 6.54 Å². The van der Waals surface area contributed by atoms with Crippen molar-refractivity contribution in [2.45, 2.75) is 12.2 Å². The van der Waals surface area contributed by atoms with Gasteiger partial charge < -0.3 is 15.1 Å². The van der Waals surface area contributed by atoms with E-state index in [-0.39, 0.29) is 14.9 Å². The molecule has 0 bridgehead atoms. The summed E-state index contributed by atoms with van der Waals surface area (Å²) in [4.78, 5) is 33.0. The molecule has 0 aliphatic carbocycles. The fraction of sp³-hybridized carbons (Fsp3) is 0.300. The van der Waals surface area contributed by atoms with Crippen molar-refractivity contribution in [1.82, 2.24) is 4.90 Å². The van der Waals surface area contributed by atoms with Gasteiger partial charge in [0.2, 0.25) is 0 Å². The van der Waals surface area contributed by atoms with Gasteiger partial charge in [-0.1, -0.05) is 0 Å². The fourth-order valence-electron chi connectivity index (χ4n) is 1.51. The van der Waals surface area contributed by atoms with Crippen LogP contribution in [0.4, 0.5) is 13.2 Å². The molecule has 1 amide bonds. The number of carbonyl (C=O) groups excluding carboxylic acids is 1. The average Bonchev–Trinajstić information content (AvgIpc) is 2.71. The van der Waals surface area contributed by atoms with E-state index in [4.69, 9.17) is 10.2 Å². The quantitative estimate of drug-likeness (QED) is 0.803. The Morgan fingerprint density at radius 2 is 1.86 bits per heavy atom. The summed E-state index contributed by atoms with van der Waals surface area (Å²) in [6.07, 6.45) is -5.38. The maximum atomic E-state index is 12.5. The summed E-state index contributed by atoms with van der Waals surface area (Å²) < 4.78 is 37.8. The minimum atomic E-state index is -5.38. The maximum Gasteiger partial charge on any atom is 0.471 e. The van der Waals surface area contributed by atoms with Crippen molar-refractivity contribution in [3.8, 4) is 0 Å². The molecule has 1 aromatic heterocycles. The zero-order valence-corrected chi connectivity index (χ0v) is 12.3. The van der Waals surface area contributed by atoms with Gasteiger partial charge in [0.15, 0.2) is 6.04 Å². The van der Waals surface area contributed by atoms with Crippen LogP contribution in [0.3, 0.4) is 0 Å². The predicted octanol–water partition coefficient (Wildman–Crippen LogP) is 2.11. The van der Waals surface area contributed by atoms with Crippen LogP contribution in [0.25, 0.3) is 0 Å². The molecule has 0 saturated heterocycles. The number of amides is 1. The van der Waals surface area contributed by atoms with E-state index in [2.05, 4.69) is 15.9 Å². The largest absolute Gasteiger partial charge is 0.480 e. The van der Waals surface area contributed by atoms with Gasteiger partial charge >= 0.3 is 24.0 Å². The number of carboxylic acids is 2. The van der Waals surface area contributed by atoms with Crippen molar-refractivity contribution in [1.29, 1.82) is 0 Å².